The van der Waals surface area contributed by atoms with Gasteiger partial charge in [0.1, 0.15) is 17.1 Å². The molecule has 0 heterocycles. The average Bonchev–Trinajstić information content (AvgIpc) is 3.03. The van der Waals surface area contributed by atoms with E-state index in [1.807, 2.05) is 30.3 Å². The van der Waals surface area contributed by atoms with Crippen molar-refractivity contribution >= 4 is 33.8 Å². The fourth-order valence-electron chi connectivity index (χ4n) is 4.20. The third kappa shape index (κ3) is 9.16. The Morgan fingerprint density at radius 2 is 1.47 bits per heavy atom. The molecule has 0 radical (unpaired) electrons. The molecule has 0 spiro atoms. The SMILES string of the molecule is COc1ccc(S(=O)(=O)N(Cc2ccccc2)c2ccccc2C(=O)N/N=C/c2ccc(OCC(=O)OC(C)(C)C)cc2)cc1. The van der Waals surface area contributed by atoms with E-state index in [0.717, 1.165) is 5.56 Å². The zero-order valence-corrected chi connectivity index (χ0v) is 26.3. The number of hydrogen-bond donors (Lipinski definition) is 1. The van der Waals surface area contributed by atoms with Crippen LogP contribution in [0.25, 0.3) is 0 Å². The van der Waals surface area contributed by atoms with Gasteiger partial charge in [-0.15, -0.1) is 0 Å². The third-order valence-corrected chi connectivity index (χ3v) is 8.04. The van der Waals surface area contributed by atoms with E-state index in [2.05, 4.69) is 10.5 Å². The van der Waals surface area contributed by atoms with Crippen molar-refractivity contribution in [2.75, 3.05) is 18.0 Å². The third-order valence-electron chi connectivity index (χ3n) is 6.27. The summed E-state index contributed by atoms with van der Waals surface area (Å²) in [4.78, 5) is 25.3. The lowest BCUT2D eigenvalue weighted by molar-refractivity contribution is -0.157. The number of nitrogens with one attached hydrogen (secondary N) is 1. The molecule has 0 bridgehead atoms. The van der Waals surface area contributed by atoms with Gasteiger partial charge in [0.25, 0.3) is 15.9 Å². The van der Waals surface area contributed by atoms with Gasteiger partial charge < -0.3 is 14.2 Å². The number of carbonyl (C=O) groups is 2. The number of rotatable bonds is 12. The summed E-state index contributed by atoms with van der Waals surface area (Å²) in [6, 6.07) is 28.4. The van der Waals surface area contributed by atoms with Crippen LogP contribution in [0.3, 0.4) is 0 Å². The second-order valence-corrected chi connectivity index (χ2v) is 12.7. The highest BCUT2D eigenvalue weighted by atomic mass is 32.2. The van der Waals surface area contributed by atoms with Crippen LogP contribution in [0.5, 0.6) is 11.5 Å². The molecule has 0 aromatic heterocycles. The molecule has 0 aliphatic rings. The van der Waals surface area contributed by atoms with E-state index in [0.29, 0.717) is 17.1 Å². The summed E-state index contributed by atoms with van der Waals surface area (Å²) >= 11 is 0. The predicted molar refractivity (Wildman–Crippen MR) is 172 cm³/mol. The molecular weight excluding hydrogens is 594 g/mol. The first-order valence-corrected chi connectivity index (χ1v) is 15.5. The molecule has 4 rings (SSSR count). The minimum absolute atomic E-state index is 0.00882. The van der Waals surface area contributed by atoms with Crippen LogP contribution in [0.1, 0.15) is 42.3 Å². The molecular formula is C34H35N3O7S. The van der Waals surface area contributed by atoms with Crippen LogP contribution < -0.4 is 19.2 Å². The second-order valence-electron chi connectivity index (χ2n) is 10.8. The summed E-state index contributed by atoms with van der Waals surface area (Å²) in [6.45, 7) is 5.10. The van der Waals surface area contributed by atoms with Gasteiger partial charge in [0.05, 0.1) is 36.0 Å². The summed E-state index contributed by atoms with van der Waals surface area (Å²) in [5.74, 6) is -0.0888. The lowest BCUT2D eigenvalue weighted by Crippen LogP contribution is -2.33. The normalized spacial score (nSPS) is 11.6. The summed E-state index contributed by atoms with van der Waals surface area (Å²) in [5, 5.41) is 4.06. The number of methoxy groups -OCH3 is 1. The topological polar surface area (TPSA) is 124 Å². The number of hydrogen-bond acceptors (Lipinski definition) is 8. The van der Waals surface area contributed by atoms with Gasteiger partial charge in [-0.3, -0.25) is 9.10 Å². The molecule has 10 nitrogen and oxygen atoms in total. The molecule has 4 aromatic rings. The Morgan fingerprint density at radius 1 is 0.844 bits per heavy atom. The van der Waals surface area contributed by atoms with Crippen molar-refractivity contribution in [2.24, 2.45) is 5.10 Å². The maximum absolute atomic E-state index is 14.0. The molecule has 0 unspecified atom stereocenters. The average molecular weight is 630 g/mol. The van der Waals surface area contributed by atoms with Crippen LogP contribution in [-0.2, 0) is 26.1 Å². The number of benzene rings is 4. The number of esters is 1. The van der Waals surface area contributed by atoms with E-state index in [-0.39, 0.29) is 29.3 Å². The first kappa shape index (κ1) is 32.7. The maximum Gasteiger partial charge on any atom is 0.344 e. The van der Waals surface area contributed by atoms with Crippen LogP contribution in [0.15, 0.2) is 113 Å². The molecule has 234 valence electrons. The summed E-state index contributed by atoms with van der Waals surface area (Å²) in [7, 11) is -2.60. The molecule has 4 aromatic carbocycles. The number of carbonyl (C=O) groups excluding carboxylic acids is 2. The van der Waals surface area contributed by atoms with Crippen molar-refractivity contribution in [2.45, 2.75) is 37.8 Å². The minimum Gasteiger partial charge on any atom is -0.497 e. The lowest BCUT2D eigenvalue weighted by Gasteiger charge is -2.26. The molecule has 0 aliphatic carbocycles. The van der Waals surface area contributed by atoms with Crippen LogP contribution >= 0.6 is 0 Å². The largest absolute Gasteiger partial charge is 0.497 e. The highest BCUT2D eigenvalue weighted by Gasteiger charge is 2.28. The molecule has 0 atom stereocenters. The van der Waals surface area contributed by atoms with Crippen LogP contribution in [-0.4, -0.2) is 45.8 Å². The van der Waals surface area contributed by atoms with Gasteiger partial charge in [0, 0.05) is 0 Å². The Morgan fingerprint density at radius 3 is 2.11 bits per heavy atom. The standard InChI is InChI=1S/C34H35N3O7S/c1-34(2,3)44-32(38)24-43-28-16-14-25(15-17-28)22-35-36-33(39)30-12-8-9-13-31(30)37(23-26-10-6-5-7-11-26)45(40,41)29-20-18-27(42-4)19-21-29/h5-22H,23-24H2,1-4H3,(H,36,39)/b35-22+. The Bertz CT molecular complexity index is 1730. The summed E-state index contributed by atoms with van der Waals surface area (Å²) in [6.07, 6.45) is 1.44. The van der Waals surface area contributed by atoms with Gasteiger partial charge in [-0.05, 0) is 92.6 Å². The van der Waals surface area contributed by atoms with E-state index in [9.17, 15) is 18.0 Å². The van der Waals surface area contributed by atoms with Gasteiger partial charge in [-0.1, -0.05) is 42.5 Å². The Labute approximate surface area is 263 Å². The maximum atomic E-state index is 14.0. The van der Waals surface area contributed by atoms with Crippen molar-refractivity contribution in [1.82, 2.24) is 5.43 Å². The van der Waals surface area contributed by atoms with Crippen molar-refractivity contribution in [1.29, 1.82) is 0 Å². The van der Waals surface area contributed by atoms with Crippen molar-refractivity contribution in [3.05, 3.63) is 120 Å². The number of anilines is 1. The van der Waals surface area contributed by atoms with Crippen LogP contribution in [0, 0.1) is 0 Å². The number of hydrazone groups is 1. The van der Waals surface area contributed by atoms with Crippen molar-refractivity contribution < 1.29 is 32.2 Å². The molecule has 11 heteroatoms. The van der Waals surface area contributed by atoms with Gasteiger partial charge >= 0.3 is 5.97 Å². The van der Waals surface area contributed by atoms with Crippen molar-refractivity contribution in [3.63, 3.8) is 0 Å². The Kier molecular flexibility index (Phi) is 10.6. The van der Waals surface area contributed by atoms with E-state index >= 15 is 0 Å². The van der Waals surface area contributed by atoms with Crippen molar-refractivity contribution in [3.8, 4) is 11.5 Å². The molecule has 1 amide bonds. The van der Waals surface area contributed by atoms with E-state index in [4.69, 9.17) is 14.2 Å². The van der Waals surface area contributed by atoms with E-state index in [1.165, 1.54) is 29.8 Å². The minimum atomic E-state index is -4.10. The fraction of sp³-hybridized carbons (Fsp3) is 0.206. The highest BCUT2D eigenvalue weighted by Crippen LogP contribution is 2.30. The molecule has 0 saturated carbocycles. The monoisotopic (exact) mass is 629 g/mol. The number of sulfonamides is 1. The van der Waals surface area contributed by atoms with Crippen LogP contribution in [0.2, 0.25) is 0 Å². The molecule has 0 aliphatic heterocycles. The lowest BCUT2D eigenvalue weighted by atomic mass is 10.1. The van der Waals surface area contributed by atoms with Gasteiger partial charge in [0.15, 0.2) is 6.61 Å². The zero-order chi connectivity index (χ0) is 32.5. The Hall–Kier alpha value is -5.16. The van der Waals surface area contributed by atoms with Gasteiger partial charge in [0.2, 0.25) is 0 Å². The number of amides is 1. The van der Waals surface area contributed by atoms with E-state index < -0.39 is 27.5 Å². The predicted octanol–water partition coefficient (Wildman–Crippen LogP) is 5.58. The van der Waals surface area contributed by atoms with Crippen LogP contribution in [0.4, 0.5) is 5.69 Å². The fourth-order valence-corrected chi connectivity index (χ4v) is 5.67. The second kappa shape index (κ2) is 14.5. The zero-order valence-electron chi connectivity index (χ0n) is 25.5. The van der Waals surface area contributed by atoms with E-state index in [1.54, 1.807) is 81.4 Å². The first-order chi connectivity index (χ1) is 21.5. The molecule has 1 N–H and O–H groups in total. The summed E-state index contributed by atoms with van der Waals surface area (Å²) < 4.78 is 45.0. The van der Waals surface area contributed by atoms with Gasteiger partial charge in [-0.25, -0.2) is 18.6 Å². The first-order valence-electron chi connectivity index (χ1n) is 14.0. The molecule has 0 saturated heterocycles. The summed E-state index contributed by atoms with van der Waals surface area (Å²) in [5.41, 5.74) is 3.59. The Balaban J connectivity index is 1.52. The number of para-hydroxylation sites is 1. The smallest absolute Gasteiger partial charge is 0.344 e. The number of nitrogens with zero attached hydrogens (tertiary/aromatic N) is 2. The number of ether oxygens (including phenoxy) is 3. The van der Waals surface area contributed by atoms with Gasteiger partial charge in [-0.2, -0.15) is 5.10 Å². The molecule has 45 heavy (non-hydrogen) atoms. The molecule has 0 fully saturated rings. The quantitative estimate of drug-likeness (QED) is 0.123. The highest BCUT2D eigenvalue weighted by molar-refractivity contribution is 7.92.